The van der Waals surface area contributed by atoms with E-state index < -0.39 is 11.9 Å². The predicted molar refractivity (Wildman–Crippen MR) is 32.9 cm³/mol. The molecule has 1 atom stereocenters. The Morgan fingerprint density at radius 3 is 2.60 bits per heavy atom. The quantitative estimate of drug-likeness (QED) is 0.488. The Kier molecular flexibility index (Phi) is 1.34. The molecule has 0 spiro atoms. The molecule has 0 saturated heterocycles. The molecule has 0 bridgehead atoms. The van der Waals surface area contributed by atoms with E-state index in [9.17, 15) is 4.79 Å². The summed E-state index contributed by atoms with van der Waals surface area (Å²) >= 11 is 0. The van der Waals surface area contributed by atoms with Gasteiger partial charge in [0.25, 0.3) is 5.91 Å². The van der Waals surface area contributed by atoms with Crippen LogP contribution in [-0.4, -0.2) is 17.1 Å². The summed E-state index contributed by atoms with van der Waals surface area (Å²) in [4.78, 5) is 10.7. The summed E-state index contributed by atoms with van der Waals surface area (Å²) in [7, 11) is 0. The molecule has 0 aliphatic carbocycles. The van der Waals surface area contributed by atoms with Crippen molar-refractivity contribution in [2.45, 2.75) is 13.0 Å². The number of amides is 1. The average molecular weight is 138 g/mol. The number of nitriles is 1. The second-order valence-electron chi connectivity index (χ2n) is 2.07. The fourth-order valence-electron chi connectivity index (χ4n) is 0.778. The molecule has 1 aliphatic heterocycles. The van der Waals surface area contributed by atoms with E-state index in [-0.39, 0.29) is 11.3 Å². The van der Waals surface area contributed by atoms with Crippen LogP contribution in [0.4, 0.5) is 0 Å². The molecule has 0 radical (unpaired) electrons. The van der Waals surface area contributed by atoms with E-state index in [1.54, 1.807) is 13.0 Å². The van der Waals surface area contributed by atoms with Crippen molar-refractivity contribution >= 4 is 5.91 Å². The molecular formula is C6H6N2O2. The smallest absolute Gasteiger partial charge is 0.266 e. The third-order valence-electron chi connectivity index (χ3n) is 1.35. The van der Waals surface area contributed by atoms with E-state index in [0.29, 0.717) is 0 Å². The lowest BCUT2D eigenvalue weighted by molar-refractivity contribution is -0.116. The first kappa shape index (κ1) is 6.62. The average Bonchev–Trinajstić information content (AvgIpc) is 2.09. The molecular weight excluding hydrogens is 132 g/mol. The minimum absolute atomic E-state index is 0.160. The number of nitrogens with zero attached hydrogens (tertiary/aromatic N) is 1. The summed E-state index contributed by atoms with van der Waals surface area (Å²) in [6.07, 6.45) is 0. The van der Waals surface area contributed by atoms with Gasteiger partial charge in [-0.1, -0.05) is 0 Å². The predicted octanol–water partition coefficient (Wildman–Crippen LogP) is -0.160. The van der Waals surface area contributed by atoms with Gasteiger partial charge in [-0.25, -0.2) is 0 Å². The van der Waals surface area contributed by atoms with Gasteiger partial charge in [-0.3, -0.25) is 4.79 Å². The highest BCUT2D eigenvalue weighted by Crippen LogP contribution is 2.12. The topological polar surface area (TPSA) is 73.1 Å². The fourth-order valence-corrected chi connectivity index (χ4v) is 0.778. The van der Waals surface area contributed by atoms with E-state index in [1.165, 1.54) is 0 Å². The van der Waals surface area contributed by atoms with Crippen LogP contribution in [0.2, 0.25) is 0 Å². The Hall–Kier alpha value is -1.50. The lowest BCUT2D eigenvalue weighted by Gasteiger charge is -1.99. The van der Waals surface area contributed by atoms with Crippen LogP contribution in [-0.2, 0) is 4.79 Å². The van der Waals surface area contributed by atoms with Crippen LogP contribution in [0.1, 0.15) is 6.92 Å². The van der Waals surface area contributed by atoms with Crippen molar-refractivity contribution in [1.29, 1.82) is 5.26 Å². The monoisotopic (exact) mass is 138 g/mol. The van der Waals surface area contributed by atoms with Gasteiger partial charge in [-0.05, 0) is 6.92 Å². The molecule has 0 saturated carbocycles. The van der Waals surface area contributed by atoms with Gasteiger partial charge in [-0.15, -0.1) is 0 Å². The minimum atomic E-state index is -0.493. The second-order valence-corrected chi connectivity index (χ2v) is 2.07. The normalized spacial score (nSPS) is 24.4. The number of carbonyl (C=O) groups is 1. The maximum atomic E-state index is 10.7. The number of carbonyl (C=O) groups excluding carboxylic acids is 1. The van der Waals surface area contributed by atoms with Crippen LogP contribution < -0.4 is 5.32 Å². The first-order valence-electron chi connectivity index (χ1n) is 2.81. The van der Waals surface area contributed by atoms with Crippen LogP contribution in [0.15, 0.2) is 11.3 Å². The molecule has 52 valence electrons. The number of nitrogens with one attached hydrogen (secondary N) is 1. The van der Waals surface area contributed by atoms with Crippen LogP contribution >= 0.6 is 0 Å². The zero-order valence-electron chi connectivity index (χ0n) is 5.38. The first-order valence-corrected chi connectivity index (χ1v) is 2.81. The standard InChI is InChI=1S/C6H6N2O2/c1-3-5(9)4(2-7)6(10)8-3/h3,9H,1H3,(H,8,10). The van der Waals surface area contributed by atoms with Gasteiger partial charge in [0, 0.05) is 0 Å². The lowest BCUT2D eigenvalue weighted by atomic mass is 10.2. The summed E-state index contributed by atoms with van der Waals surface area (Å²) < 4.78 is 0. The molecule has 10 heavy (non-hydrogen) atoms. The third-order valence-corrected chi connectivity index (χ3v) is 1.35. The number of aliphatic hydroxyl groups excluding tert-OH is 1. The van der Waals surface area contributed by atoms with Gasteiger partial charge >= 0.3 is 0 Å². The highest BCUT2D eigenvalue weighted by atomic mass is 16.3. The van der Waals surface area contributed by atoms with Gasteiger partial charge in [0.05, 0.1) is 6.04 Å². The molecule has 1 aliphatic rings. The molecule has 0 aromatic heterocycles. The summed E-state index contributed by atoms with van der Waals surface area (Å²) in [5.41, 5.74) is -0.174. The fraction of sp³-hybridized carbons (Fsp3) is 0.333. The van der Waals surface area contributed by atoms with Crippen molar-refractivity contribution < 1.29 is 9.90 Å². The van der Waals surface area contributed by atoms with Crippen molar-refractivity contribution in [2.24, 2.45) is 0 Å². The molecule has 1 unspecified atom stereocenters. The van der Waals surface area contributed by atoms with Crippen molar-refractivity contribution in [3.63, 3.8) is 0 Å². The van der Waals surface area contributed by atoms with E-state index in [0.717, 1.165) is 0 Å². The molecule has 2 N–H and O–H groups in total. The summed E-state index contributed by atoms with van der Waals surface area (Å²) in [6, 6.07) is 1.20. The molecule has 4 nitrogen and oxygen atoms in total. The first-order chi connectivity index (χ1) is 4.66. The van der Waals surface area contributed by atoms with Gasteiger partial charge in [0.2, 0.25) is 0 Å². The van der Waals surface area contributed by atoms with Crippen LogP contribution in [0.25, 0.3) is 0 Å². The van der Waals surface area contributed by atoms with E-state index >= 15 is 0 Å². The van der Waals surface area contributed by atoms with Crippen LogP contribution in [0, 0.1) is 11.3 Å². The third kappa shape index (κ3) is 0.722. The zero-order valence-corrected chi connectivity index (χ0v) is 5.38. The Bertz CT molecular complexity index is 249. The molecule has 1 amide bonds. The summed E-state index contributed by atoms with van der Waals surface area (Å²) in [5.74, 6) is -0.653. The summed E-state index contributed by atoms with van der Waals surface area (Å²) in [5, 5.41) is 19.7. The SMILES string of the molecule is CC1NC(=O)C(C#N)=C1O. The molecule has 4 heteroatoms. The van der Waals surface area contributed by atoms with Gasteiger partial charge < -0.3 is 10.4 Å². The highest BCUT2D eigenvalue weighted by molar-refractivity contribution is 6.00. The molecule has 0 aromatic carbocycles. The highest BCUT2D eigenvalue weighted by Gasteiger charge is 2.27. The maximum Gasteiger partial charge on any atom is 0.266 e. The Balaban J connectivity index is 3.05. The van der Waals surface area contributed by atoms with Gasteiger partial charge in [0.1, 0.15) is 11.8 Å². The molecule has 1 heterocycles. The van der Waals surface area contributed by atoms with E-state index in [1.807, 2.05) is 0 Å². The number of hydrogen-bond donors (Lipinski definition) is 2. The van der Waals surface area contributed by atoms with Crippen molar-refractivity contribution in [1.82, 2.24) is 5.32 Å². The van der Waals surface area contributed by atoms with Crippen LogP contribution in [0.3, 0.4) is 0 Å². The van der Waals surface area contributed by atoms with Crippen molar-refractivity contribution in [2.75, 3.05) is 0 Å². The number of rotatable bonds is 0. The second kappa shape index (κ2) is 2.03. The summed E-state index contributed by atoms with van der Waals surface area (Å²) in [6.45, 7) is 1.61. The van der Waals surface area contributed by atoms with Crippen molar-refractivity contribution in [3.8, 4) is 6.07 Å². The Morgan fingerprint density at radius 1 is 1.80 bits per heavy atom. The zero-order chi connectivity index (χ0) is 7.72. The Morgan fingerprint density at radius 2 is 2.40 bits per heavy atom. The van der Waals surface area contributed by atoms with Crippen molar-refractivity contribution in [3.05, 3.63) is 11.3 Å². The molecule has 0 fully saturated rings. The van der Waals surface area contributed by atoms with E-state index in [2.05, 4.69) is 5.32 Å². The largest absolute Gasteiger partial charge is 0.509 e. The lowest BCUT2D eigenvalue weighted by Crippen LogP contribution is -2.25. The number of hydrogen-bond acceptors (Lipinski definition) is 3. The van der Waals surface area contributed by atoms with Gasteiger partial charge in [-0.2, -0.15) is 5.26 Å². The molecule has 0 aromatic rings. The van der Waals surface area contributed by atoms with Crippen LogP contribution in [0.5, 0.6) is 0 Å². The number of aliphatic hydroxyl groups is 1. The minimum Gasteiger partial charge on any atom is -0.509 e. The van der Waals surface area contributed by atoms with Gasteiger partial charge in [0.15, 0.2) is 5.57 Å². The molecule has 1 rings (SSSR count). The maximum absolute atomic E-state index is 10.7. The Labute approximate surface area is 57.8 Å². The van der Waals surface area contributed by atoms with E-state index in [4.69, 9.17) is 10.4 Å².